The van der Waals surface area contributed by atoms with Crippen LogP contribution in [0, 0.1) is 13.7 Å². The van der Waals surface area contributed by atoms with E-state index in [4.69, 9.17) is 10.7 Å². The fourth-order valence-electron chi connectivity index (χ4n) is 0.955. The van der Waals surface area contributed by atoms with Crippen LogP contribution in [-0.2, 0) is 9.05 Å². The number of nitrogens with zero attached hydrogens (tertiary/aromatic N) is 2. The van der Waals surface area contributed by atoms with Gasteiger partial charge in [-0.05, 0) is 38.6 Å². The Bertz CT molecular complexity index is 580. The summed E-state index contributed by atoms with van der Waals surface area (Å²) in [6.45, 7) is 0. The smallest absolute Gasteiger partial charge is 0.358 e. The first-order valence-electron chi connectivity index (χ1n) is 3.72. The molecular weight excluding hydrogens is 396 g/mol. The molecule has 0 bridgehead atoms. The maximum atomic E-state index is 12.5. The van der Waals surface area contributed by atoms with Crippen LogP contribution in [0.4, 0.5) is 14.6 Å². The molecule has 1 rings (SSSR count). The summed E-state index contributed by atoms with van der Waals surface area (Å²) in [4.78, 5) is 12.4. The number of rotatable bonds is 3. The zero-order valence-corrected chi connectivity index (χ0v) is 11.3. The standard InChI is InChI=1S/C6H2ClF2IN2O4S/c7-17(15,16)6-3(10)1-2(4(8)9)5(11-6)12(13)14/h1,4H. The van der Waals surface area contributed by atoms with Crippen LogP contribution in [0.5, 0.6) is 0 Å². The van der Waals surface area contributed by atoms with Gasteiger partial charge in [-0.15, -0.1) is 0 Å². The number of halogens is 4. The van der Waals surface area contributed by atoms with Crippen LogP contribution in [0.25, 0.3) is 0 Å². The lowest BCUT2D eigenvalue weighted by atomic mass is 10.3. The van der Waals surface area contributed by atoms with Crippen molar-refractivity contribution >= 4 is 48.1 Å². The van der Waals surface area contributed by atoms with Gasteiger partial charge in [-0.3, -0.25) is 0 Å². The van der Waals surface area contributed by atoms with Crippen molar-refractivity contribution in [2.24, 2.45) is 0 Å². The first-order valence-corrected chi connectivity index (χ1v) is 7.11. The summed E-state index contributed by atoms with van der Waals surface area (Å²) in [6, 6.07) is 0.672. The summed E-state index contributed by atoms with van der Waals surface area (Å²) in [7, 11) is 0.640. The predicted molar refractivity (Wildman–Crippen MR) is 61.6 cm³/mol. The molecule has 11 heteroatoms. The van der Waals surface area contributed by atoms with Crippen molar-refractivity contribution in [2.45, 2.75) is 11.5 Å². The molecule has 0 aliphatic heterocycles. The Morgan fingerprint density at radius 1 is 1.53 bits per heavy atom. The number of hydrogen-bond acceptors (Lipinski definition) is 5. The average molecular weight is 399 g/mol. The van der Waals surface area contributed by atoms with Crippen LogP contribution < -0.4 is 0 Å². The van der Waals surface area contributed by atoms with E-state index in [1.54, 1.807) is 0 Å². The molecule has 0 radical (unpaired) electrons. The molecule has 0 saturated carbocycles. The lowest BCUT2D eigenvalue weighted by Gasteiger charge is -2.03. The Balaban J connectivity index is 3.63. The Morgan fingerprint density at radius 2 is 2.06 bits per heavy atom. The Morgan fingerprint density at radius 3 is 2.41 bits per heavy atom. The van der Waals surface area contributed by atoms with E-state index in [0.29, 0.717) is 6.07 Å². The molecular formula is C6H2ClF2IN2O4S. The summed E-state index contributed by atoms with van der Waals surface area (Å²) >= 11 is 1.40. The second kappa shape index (κ2) is 4.94. The van der Waals surface area contributed by atoms with Gasteiger partial charge in [-0.2, -0.15) is 0 Å². The minimum Gasteiger partial charge on any atom is -0.358 e. The predicted octanol–water partition coefficient (Wildman–Crippen LogP) is 2.46. The Labute approximate surface area is 112 Å². The molecule has 1 heterocycles. The fraction of sp³-hybridized carbons (Fsp3) is 0.167. The van der Waals surface area contributed by atoms with Crippen LogP contribution >= 0.6 is 33.3 Å². The van der Waals surface area contributed by atoms with E-state index in [9.17, 15) is 27.3 Å². The second-order valence-corrected chi connectivity index (χ2v) is 6.33. The highest BCUT2D eigenvalue weighted by Crippen LogP contribution is 2.32. The highest BCUT2D eigenvalue weighted by Gasteiger charge is 2.31. The minimum absolute atomic E-state index is 0.210. The molecule has 0 spiro atoms. The van der Waals surface area contributed by atoms with Crippen molar-refractivity contribution in [3.63, 3.8) is 0 Å². The van der Waals surface area contributed by atoms with Gasteiger partial charge in [0.1, 0.15) is 5.56 Å². The molecule has 17 heavy (non-hydrogen) atoms. The molecule has 0 fully saturated rings. The van der Waals surface area contributed by atoms with Crippen molar-refractivity contribution in [1.29, 1.82) is 0 Å². The molecule has 0 N–H and O–H groups in total. The molecule has 0 aliphatic rings. The molecule has 0 aliphatic carbocycles. The summed E-state index contributed by atoms with van der Waals surface area (Å²) in [5.41, 5.74) is -0.955. The van der Waals surface area contributed by atoms with Crippen LogP contribution in [0.2, 0.25) is 0 Å². The highest BCUT2D eigenvalue weighted by atomic mass is 127. The number of hydrogen-bond donors (Lipinski definition) is 0. The largest absolute Gasteiger partial charge is 0.373 e. The van der Waals surface area contributed by atoms with Gasteiger partial charge in [-0.1, -0.05) is 0 Å². The topological polar surface area (TPSA) is 90.2 Å². The number of pyridine rings is 1. The molecule has 0 amide bonds. The molecule has 0 unspecified atom stereocenters. The Kier molecular flexibility index (Phi) is 4.19. The second-order valence-electron chi connectivity index (χ2n) is 2.68. The monoisotopic (exact) mass is 398 g/mol. The summed E-state index contributed by atoms with van der Waals surface area (Å²) in [5.74, 6) is -1.22. The van der Waals surface area contributed by atoms with Gasteiger partial charge in [0, 0.05) is 10.7 Å². The van der Waals surface area contributed by atoms with Crippen LogP contribution in [0.3, 0.4) is 0 Å². The number of nitro groups is 1. The fourth-order valence-corrected chi connectivity index (χ4v) is 3.51. The van der Waals surface area contributed by atoms with E-state index in [1.165, 1.54) is 22.6 Å². The first kappa shape index (κ1) is 14.4. The van der Waals surface area contributed by atoms with Gasteiger partial charge in [0.25, 0.3) is 11.5 Å². The van der Waals surface area contributed by atoms with E-state index < -0.39 is 36.8 Å². The quantitative estimate of drug-likeness (QED) is 0.338. The van der Waals surface area contributed by atoms with E-state index >= 15 is 0 Å². The first-order chi connectivity index (χ1) is 7.64. The Hall–Kier alpha value is -0.620. The zero-order chi connectivity index (χ0) is 13.4. The normalized spacial score (nSPS) is 11.8. The van der Waals surface area contributed by atoms with Gasteiger partial charge in [-0.25, -0.2) is 17.2 Å². The van der Waals surface area contributed by atoms with Gasteiger partial charge in [0.15, 0.2) is 0 Å². The van der Waals surface area contributed by atoms with E-state index in [1.807, 2.05) is 0 Å². The van der Waals surface area contributed by atoms with E-state index in [2.05, 4.69) is 4.98 Å². The molecule has 0 atom stereocenters. The van der Waals surface area contributed by atoms with Crippen LogP contribution in [0.15, 0.2) is 11.1 Å². The van der Waals surface area contributed by atoms with Crippen molar-refractivity contribution in [1.82, 2.24) is 4.98 Å². The third-order valence-corrected chi connectivity index (χ3v) is 3.99. The maximum Gasteiger partial charge on any atom is 0.373 e. The SMILES string of the molecule is O=[N+]([O-])c1nc(S(=O)(=O)Cl)c(I)cc1C(F)F. The molecule has 1 aromatic rings. The van der Waals surface area contributed by atoms with Crippen molar-refractivity contribution in [3.8, 4) is 0 Å². The molecule has 1 aromatic heterocycles. The minimum atomic E-state index is -4.33. The zero-order valence-electron chi connectivity index (χ0n) is 7.60. The molecule has 0 aromatic carbocycles. The third kappa shape index (κ3) is 3.19. The molecule has 6 nitrogen and oxygen atoms in total. The van der Waals surface area contributed by atoms with E-state index in [-0.39, 0.29) is 3.57 Å². The average Bonchev–Trinajstić information content (AvgIpc) is 2.14. The third-order valence-electron chi connectivity index (χ3n) is 1.59. The lowest BCUT2D eigenvalue weighted by Crippen LogP contribution is -2.06. The lowest BCUT2D eigenvalue weighted by molar-refractivity contribution is -0.391. The molecule has 0 saturated heterocycles. The molecule has 94 valence electrons. The maximum absolute atomic E-state index is 12.5. The van der Waals surface area contributed by atoms with Crippen LogP contribution in [-0.4, -0.2) is 18.3 Å². The number of alkyl halides is 2. The highest BCUT2D eigenvalue weighted by molar-refractivity contribution is 14.1. The van der Waals surface area contributed by atoms with Gasteiger partial charge >= 0.3 is 14.9 Å². The van der Waals surface area contributed by atoms with Crippen molar-refractivity contribution in [2.75, 3.05) is 0 Å². The van der Waals surface area contributed by atoms with E-state index in [0.717, 1.165) is 0 Å². The van der Waals surface area contributed by atoms with Crippen molar-refractivity contribution in [3.05, 3.63) is 25.3 Å². The number of aromatic nitrogens is 1. The van der Waals surface area contributed by atoms with Gasteiger partial charge < -0.3 is 10.1 Å². The van der Waals surface area contributed by atoms with Gasteiger partial charge in [0.2, 0.25) is 0 Å². The summed E-state index contributed by atoms with van der Waals surface area (Å²) < 4.78 is 46.7. The van der Waals surface area contributed by atoms with Crippen LogP contribution in [0.1, 0.15) is 12.0 Å². The summed E-state index contributed by atoms with van der Waals surface area (Å²) in [6.07, 6.45) is -3.14. The van der Waals surface area contributed by atoms with Crippen molar-refractivity contribution < 1.29 is 22.1 Å². The van der Waals surface area contributed by atoms with Gasteiger partial charge in [0.05, 0.1) is 3.57 Å². The summed E-state index contributed by atoms with van der Waals surface area (Å²) in [5, 5.41) is 9.68.